The summed E-state index contributed by atoms with van der Waals surface area (Å²) in [4.78, 5) is 39.3. The van der Waals surface area contributed by atoms with Crippen molar-refractivity contribution in [2.24, 2.45) is 5.92 Å². The van der Waals surface area contributed by atoms with Gasteiger partial charge in [-0.3, -0.25) is 14.4 Å². The van der Waals surface area contributed by atoms with Crippen molar-refractivity contribution in [3.63, 3.8) is 0 Å². The van der Waals surface area contributed by atoms with Crippen LogP contribution in [0.15, 0.2) is 23.8 Å². The van der Waals surface area contributed by atoms with E-state index in [-0.39, 0.29) is 31.5 Å². The van der Waals surface area contributed by atoms with E-state index in [1.165, 1.54) is 9.80 Å². The molecule has 0 bridgehead atoms. The number of likely N-dealkylation sites (tertiary alicyclic amines) is 1. The van der Waals surface area contributed by atoms with E-state index in [0.29, 0.717) is 36.5 Å². The maximum absolute atomic E-state index is 12.7. The summed E-state index contributed by atoms with van der Waals surface area (Å²) in [6.45, 7) is 0.730. The highest BCUT2D eigenvalue weighted by Gasteiger charge is 2.29. The molecule has 1 unspecified atom stereocenters. The molecule has 0 radical (unpaired) electrons. The van der Waals surface area contributed by atoms with Crippen molar-refractivity contribution in [1.82, 2.24) is 9.80 Å². The molecule has 1 saturated heterocycles. The standard InChI is InChI=1S/C20H24N2O6/c1-21(11-18(23)22-7-3-4-13(10-22)20(25)26)19(24)15-8-14-9-16(27-2)5-6-17(14)28-12-15/h5-6,8-9,13H,3-4,7,10-12H2,1-2H3,(H,25,26). The fourth-order valence-electron chi connectivity index (χ4n) is 3.43. The molecule has 0 aromatic heterocycles. The van der Waals surface area contributed by atoms with Gasteiger partial charge in [-0.2, -0.15) is 0 Å². The van der Waals surface area contributed by atoms with Gasteiger partial charge in [-0.05, 0) is 37.1 Å². The zero-order chi connectivity index (χ0) is 20.3. The molecule has 2 aliphatic rings. The Morgan fingerprint density at radius 3 is 2.86 bits per heavy atom. The molecule has 1 aromatic rings. The fourth-order valence-corrected chi connectivity index (χ4v) is 3.43. The predicted molar refractivity (Wildman–Crippen MR) is 101 cm³/mol. The Hall–Kier alpha value is -3.03. The van der Waals surface area contributed by atoms with Crippen molar-refractivity contribution < 1.29 is 29.0 Å². The van der Waals surface area contributed by atoms with Gasteiger partial charge in [0, 0.05) is 25.7 Å². The number of methoxy groups -OCH3 is 1. The molecule has 8 nitrogen and oxygen atoms in total. The van der Waals surface area contributed by atoms with E-state index in [4.69, 9.17) is 14.6 Å². The van der Waals surface area contributed by atoms with E-state index >= 15 is 0 Å². The van der Waals surface area contributed by atoms with E-state index in [9.17, 15) is 14.4 Å². The van der Waals surface area contributed by atoms with Gasteiger partial charge in [-0.15, -0.1) is 0 Å². The first kappa shape index (κ1) is 19.7. The minimum Gasteiger partial charge on any atom is -0.497 e. The van der Waals surface area contributed by atoms with Gasteiger partial charge in [0.25, 0.3) is 5.91 Å². The van der Waals surface area contributed by atoms with Crippen LogP contribution in [0.3, 0.4) is 0 Å². The van der Waals surface area contributed by atoms with E-state index in [0.717, 1.165) is 5.56 Å². The highest BCUT2D eigenvalue weighted by Crippen LogP contribution is 2.30. The van der Waals surface area contributed by atoms with Crippen LogP contribution < -0.4 is 9.47 Å². The van der Waals surface area contributed by atoms with Gasteiger partial charge in [0.1, 0.15) is 18.1 Å². The van der Waals surface area contributed by atoms with Crippen LogP contribution in [0.1, 0.15) is 18.4 Å². The summed E-state index contributed by atoms with van der Waals surface area (Å²) in [5, 5.41) is 9.16. The zero-order valence-corrected chi connectivity index (χ0v) is 16.0. The number of fused-ring (bicyclic) bond motifs is 1. The lowest BCUT2D eigenvalue weighted by atomic mass is 9.98. The Labute approximate surface area is 163 Å². The van der Waals surface area contributed by atoms with Crippen molar-refractivity contribution in [2.45, 2.75) is 12.8 Å². The van der Waals surface area contributed by atoms with E-state index in [1.807, 2.05) is 0 Å². The molecule has 28 heavy (non-hydrogen) atoms. The van der Waals surface area contributed by atoms with Crippen molar-refractivity contribution in [3.05, 3.63) is 29.3 Å². The molecular formula is C20H24N2O6. The summed E-state index contributed by atoms with van der Waals surface area (Å²) in [5.41, 5.74) is 1.19. The molecule has 0 spiro atoms. The summed E-state index contributed by atoms with van der Waals surface area (Å²) in [7, 11) is 3.12. The highest BCUT2D eigenvalue weighted by molar-refractivity contribution is 6.00. The maximum Gasteiger partial charge on any atom is 0.308 e. The molecule has 8 heteroatoms. The highest BCUT2D eigenvalue weighted by atomic mass is 16.5. The summed E-state index contributed by atoms with van der Waals surface area (Å²) in [6, 6.07) is 5.36. The number of carboxylic acids is 1. The van der Waals surface area contributed by atoms with Crippen LogP contribution in [0.5, 0.6) is 11.5 Å². The Kier molecular flexibility index (Phi) is 5.87. The second-order valence-corrected chi connectivity index (χ2v) is 7.04. The molecule has 3 rings (SSSR count). The molecule has 2 heterocycles. The average Bonchev–Trinajstić information content (AvgIpc) is 2.72. The van der Waals surface area contributed by atoms with Gasteiger partial charge in [0.15, 0.2) is 0 Å². The monoisotopic (exact) mass is 388 g/mol. The number of piperidine rings is 1. The van der Waals surface area contributed by atoms with Gasteiger partial charge in [0.2, 0.25) is 5.91 Å². The molecule has 1 fully saturated rings. The number of ether oxygens (including phenoxy) is 2. The topological polar surface area (TPSA) is 96.4 Å². The smallest absolute Gasteiger partial charge is 0.308 e. The first-order valence-electron chi connectivity index (χ1n) is 9.16. The van der Waals surface area contributed by atoms with E-state index < -0.39 is 11.9 Å². The Morgan fingerprint density at radius 2 is 2.14 bits per heavy atom. The Morgan fingerprint density at radius 1 is 1.36 bits per heavy atom. The third-order valence-electron chi connectivity index (χ3n) is 5.05. The molecular weight excluding hydrogens is 364 g/mol. The van der Waals surface area contributed by atoms with Crippen LogP contribution in [0, 0.1) is 5.92 Å². The quantitative estimate of drug-likeness (QED) is 0.816. The lowest BCUT2D eigenvalue weighted by Crippen LogP contribution is -2.47. The van der Waals surface area contributed by atoms with Gasteiger partial charge in [-0.1, -0.05) is 0 Å². The third-order valence-corrected chi connectivity index (χ3v) is 5.05. The summed E-state index contributed by atoms with van der Waals surface area (Å²) in [6.07, 6.45) is 2.96. The number of hydrogen-bond acceptors (Lipinski definition) is 5. The lowest BCUT2D eigenvalue weighted by Gasteiger charge is -2.32. The van der Waals surface area contributed by atoms with Gasteiger partial charge in [-0.25, -0.2) is 0 Å². The molecule has 150 valence electrons. The first-order chi connectivity index (χ1) is 13.4. The minimum atomic E-state index is -0.888. The van der Waals surface area contributed by atoms with E-state index in [1.54, 1.807) is 38.4 Å². The van der Waals surface area contributed by atoms with Crippen molar-refractivity contribution in [2.75, 3.05) is 40.4 Å². The number of hydrogen-bond donors (Lipinski definition) is 1. The molecule has 1 aromatic carbocycles. The predicted octanol–water partition coefficient (Wildman–Crippen LogP) is 1.25. The van der Waals surface area contributed by atoms with Crippen LogP contribution >= 0.6 is 0 Å². The normalized spacial score (nSPS) is 18.4. The number of rotatable bonds is 5. The number of aliphatic carboxylic acids is 1. The minimum absolute atomic E-state index is 0.104. The van der Waals surface area contributed by atoms with Crippen molar-refractivity contribution in [3.8, 4) is 11.5 Å². The molecule has 2 amide bonds. The first-order valence-corrected chi connectivity index (χ1v) is 9.16. The number of amides is 2. The third kappa shape index (κ3) is 4.27. The second-order valence-electron chi connectivity index (χ2n) is 7.04. The molecule has 1 atom stereocenters. The number of nitrogens with zero attached hydrogens (tertiary/aromatic N) is 2. The van der Waals surface area contributed by atoms with Gasteiger partial charge >= 0.3 is 5.97 Å². The summed E-state index contributed by atoms with van der Waals surface area (Å²) in [5.74, 6) is -0.645. The number of carbonyl (C=O) groups excluding carboxylic acids is 2. The Bertz CT molecular complexity index is 819. The zero-order valence-electron chi connectivity index (χ0n) is 16.0. The van der Waals surface area contributed by atoms with Crippen molar-refractivity contribution in [1.29, 1.82) is 0 Å². The number of benzene rings is 1. The summed E-state index contributed by atoms with van der Waals surface area (Å²) < 4.78 is 10.8. The average molecular weight is 388 g/mol. The SMILES string of the molecule is COc1ccc2c(c1)C=C(C(=O)N(C)CC(=O)N1CCCC(C(=O)O)C1)CO2. The van der Waals surface area contributed by atoms with Crippen LogP contribution in [-0.2, 0) is 14.4 Å². The van der Waals surface area contributed by atoms with Gasteiger partial charge in [0.05, 0.1) is 25.1 Å². The second kappa shape index (κ2) is 8.33. The number of carboxylic acid groups (broad SMARTS) is 1. The van der Waals surface area contributed by atoms with E-state index in [2.05, 4.69) is 0 Å². The Balaban J connectivity index is 1.65. The molecule has 2 aliphatic heterocycles. The van der Waals surface area contributed by atoms with Crippen molar-refractivity contribution >= 4 is 23.9 Å². The number of likely N-dealkylation sites (N-methyl/N-ethyl adjacent to an activating group) is 1. The van der Waals surface area contributed by atoms with Crippen LogP contribution in [0.25, 0.3) is 6.08 Å². The molecule has 0 aliphatic carbocycles. The molecule has 1 N–H and O–H groups in total. The number of carbonyl (C=O) groups is 3. The lowest BCUT2D eigenvalue weighted by molar-refractivity contribution is -0.147. The molecule has 0 saturated carbocycles. The van der Waals surface area contributed by atoms with Crippen LogP contribution in [-0.4, -0.2) is 73.1 Å². The fraction of sp³-hybridized carbons (Fsp3) is 0.450. The van der Waals surface area contributed by atoms with Crippen LogP contribution in [0.2, 0.25) is 0 Å². The van der Waals surface area contributed by atoms with Gasteiger partial charge < -0.3 is 24.4 Å². The largest absolute Gasteiger partial charge is 0.497 e. The van der Waals surface area contributed by atoms with Crippen LogP contribution in [0.4, 0.5) is 0 Å². The summed E-state index contributed by atoms with van der Waals surface area (Å²) >= 11 is 0. The maximum atomic E-state index is 12.7.